The van der Waals surface area contributed by atoms with E-state index >= 15 is 0 Å². The normalized spacial score (nSPS) is 17.2. The molecular weight excluding hydrogens is 226 g/mol. The Labute approximate surface area is 110 Å². The summed E-state index contributed by atoms with van der Waals surface area (Å²) in [6.07, 6.45) is 6.83. The van der Waals surface area contributed by atoms with Crippen molar-refractivity contribution in [3.63, 3.8) is 0 Å². The van der Waals surface area contributed by atoms with Crippen molar-refractivity contribution in [3.8, 4) is 0 Å². The van der Waals surface area contributed by atoms with Crippen molar-refractivity contribution in [1.82, 2.24) is 5.32 Å². The summed E-state index contributed by atoms with van der Waals surface area (Å²) in [6, 6.07) is 2.09. The average molecular weight is 251 g/mol. The molecule has 0 amide bonds. The number of ether oxygens (including phenoxy) is 1. The molecule has 0 unspecified atom stereocenters. The molecule has 0 aliphatic heterocycles. The average Bonchev–Trinajstić information content (AvgIpc) is 2.72. The van der Waals surface area contributed by atoms with Gasteiger partial charge in [0.05, 0.1) is 6.54 Å². The molecule has 0 atom stereocenters. The summed E-state index contributed by atoms with van der Waals surface area (Å²) in [4.78, 5) is 0. The van der Waals surface area contributed by atoms with Crippen LogP contribution < -0.4 is 5.32 Å². The third kappa shape index (κ3) is 3.85. The van der Waals surface area contributed by atoms with Gasteiger partial charge < -0.3 is 14.5 Å². The number of hydrogen-bond acceptors (Lipinski definition) is 3. The number of furan rings is 1. The van der Waals surface area contributed by atoms with Crippen LogP contribution in [-0.2, 0) is 17.9 Å². The Balaban J connectivity index is 1.73. The highest BCUT2D eigenvalue weighted by molar-refractivity contribution is 5.19. The van der Waals surface area contributed by atoms with Crippen LogP contribution in [0.4, 0.5) is 0 Å². The van der Waals surface area contributed by atoms with Gasteiger partial charge in [-0.3, -0.25) is 0 Å². The Morgan fingerprint density at radius 1 is 1.33 bits per heavy atom. The Bertz CT molecular complexity index is 353. The zero-order chi connectivity index (χ0) is 12.8. The second-order valence-electron chi connectivity index (χ2n) is 5.37. The molecule has 0 radical (unpaired) electrons. The third-order valence-corrected chi connectivity index (χ3v) is 3.73. The topological polar surface area (TPSA) is 34.4 Å². The van der Waals surface area contributed by atoms with Crippen LogP contribution >= 0.6 is 0 Å². The highest BCUT2D eigenvalue weighted by Crippen LogP contribution is 2.24. The van der Waals surface area contributed by atoms with Crippen molar-refractivity contribution in [2.75, 3.05) is 13.7 Å². The van der Waals surface area contributed by atoms with E-state index in [4.69, 9.17) is 9.15 Å². The largest absolute Gasteiger partial charge is 0.462 e. The number of nitrogens with one attached hydrogen (secondary N) is 1. The van der Waals surface area contributed by atoms with Crippen molar-refractivity contribution in [2.45, 2.75) is 52.2 Å². The second-order valence-corrected chi connectivity index (χ2v) is 5.37. The van der Waals surface area contributed by atoms with E-state index in [1.54, 1.807) is 0 Å². The minimum atomic E-state index is 0.612. The van der Waals surface area contributed by atoms with Crippen LogP contribution in [-0.4, -0.2) is 13.7 Å². The Kier molecular flexibility index (Phi) is 5.26. The quantitative estimate of drug-likeness (QED) is 0.841. The van der Waals surface area contributed by atoms with Crippen LogP contribution in [0.3, 0.4) is 0 Å². The molecule has 1 aliphatic rings. The van der Waals surface area contributed by atoms with E-state index in [1.807, 2.05) is 7.05 Å². The summed E-state index contributed by atoms with van der Waals surface area (Å²) in [7, 11) is 1.93. The molecule has 0 saturated heterocycles. The van der Waals surface area contributed by atoms with Gasteiger partial charge in [-0.15, -0.1) is 0 Å². The maximum absolute atomic E-state index is 5.79. The van der Waals surface area contributed by atoms with E-state index in [-0.39, 0.29) is 0 Å². The van der Waals surface area contributed by atoms with Crippen LogP contribution in [0.25, 0.3) is 0 Å². The molecule has 0 spiro atoms. The molecule has 18 heavy (non-hydrogen) atoms. The van der Waals surface area contributed by atoms with Gasteiger partial charge in [0.2, 0.25) is 0 Å². The predicted molar refractivity (Wildman–Crippen MR) is 72.4 cm³/mol. The van der Waals surface area contributed by atoms with Crippen molar-refractivity contribution < 1.29 is 9.15 Å². The summed E-state index contributed by atoms with van der Waals surface area (Å²) in [6.45, 7) is 4.37. The van der Waals surface area contributed by atoms with E-state index in [1.165, 1.54) is 37.7 Å². The van der Waals surface area contributed by atoms with Crippen molar-refractivity contribution in [2.24, 2.45) is 5.92 Å². The zero-order valence-electron chi connectivity index (χ0n) is 11.6. The fraction of sp³-hybridized carbons (Fsp3) is 0.733. The molecule has 1 N–H and O–H groups in total. The van der Waals surface area contributed by atoms with Gasteiger partial charge in [-0.05, 0) is 44.4 Å². The van der Waals surface area contributed by atoms with Gasteiger partial charge in [-0.1, -0.05) is 19.3 Å². The summed E-state index contributed by atoms with van der Waals surface area (Å²) in [5.74, 6) is 2.74. The fourth-order valence-electron chi connectivity index (χ4n) is 2.68. The van der Waals surface area contributed by atoms with E-state index in [0.717, 1.165) is 30.6 Å². The lowest BCUT2D eigenvalue weighted by Crippen LogP contribution is -2.13. The Hall–Kier alpha value is -0.800. The van der Waals surface area contributed by atoms with Gasteiger partial charge in [-0.2, -0.15) is 0 Å². The van der Waals surface area contributed by atoms with Crippen LogP contribution in [0.5, 0.6) is 0 Å². The Morgan fingerprint density at radius 3 is 2.83 bits per heavy atom. The van der Waals surface area contributed by atoms with Gasteiger partial charge in [-0.25, -0.2) is 0 Å². The zero-order valence-corrected chi connectivity index (χ0v) is 11.6. The van der Waals surface area contributed by atoms with Crippen LogP contribution in [0.2, 0.25) is 0 Å². The van der Waals surface area contributed by atoms with E-state index in [0.29, 0.717) is 6.61 Å². The van der Waals surface area contributed by atoms with Gasteiger partial charge in [0.1, 0.15) is 18.1 Å². The minimum Gasteiger partial charge on any atom is -0.462 e. The molecule has 1 saturated carbocycles. The monoisotopic (exact) mass is 251 g/mol. The maximum Gasteiger partial charge on any atom is 0.130 e. The van der Waals surface area contributed by atoms with Crippen molar-refractivity contribution in [1.29, 1.82) is 0 Å². The van der Waals surface area contributed by atoms with E-state index in [9.17, 15) is 0 Å². The third-order valence-electron chi connectivity index (χ3n) is 3.73. The van der Waals surface area contributed by atoms with Gasteiger partial charge in [0, 0.05) is 6.61 Å². The molecule has 1 aromatic heterocycles. The summed E-state index contributed by atoms with van der Waals surface area (Å²) in [5.41, 5.74) is 1.21. The molecule has 102 valence electrons. The molecule has 1 fully saturated rings. The molecule has 1 heterocycles. The lowest BCUT2D eigenvalue weighted by atomic mass is 9.90. The van der Waals surface area contributed by atoms with E-state index < -0.39 is 0 Å². The minimum absolute atomic E-state index is 0.612. The first-order valence-corrected chi connectivity index (χ1v) is 7.10. The van der Waals surface area contributed by atoms with Crippen molar-refractivity contribution in [3.05, 3.63) is 23.2 Å². The highest BCUT2D eigenvalue weighted by Gasteiger charge is 2.14. The first kappa shape index (κ1) is 13.6. The standard InChI is InChI=1S/C15H25NO2/c1-12-8-14(18-15(12)9-16-2)11-17-10-13-6-4-3-5-7-13/h8,13,16H,3-7,9-11H2,1-2H3. The molecular formula is C15H25NO2. The molecule has 2 rings (SSSR count). The molecule has 0 bridgehead atoms. The maximum atomic E-state index is 5.79. The molecule has 0 aromatic carbocycles. The predicted octanol–water partition coefficient (Wildman–Crippen LogP) is 3.40. The molecule has 3 heteroatoms. The lowest BCUT2D eigenvalue weighted by Gasteiger charge is -2.20. The number of aryl methyl sites for hydroxylation is 1. The first-order chi connectivity index (χ1) is 8.79. The SMILES string of the molecule is CNCc1oc(COCC2CCCCC2)cc1C. The number of rotatable bonds is 6. The summed E-state index contributed by atoms with van der Waals surface area (Å²) >= 11 is 0. The lowest BCUT2D eigenvalue weighted by molar-refractivity contribution is 0.0631. The smallest absolute Gasteiger partial charge is 0.130 e. The van der Waals surface area contributed by atoms with Crippen LogP contribution in [0.1, 0.15) is 49.2 Å². The summed E-state index contributed by atoms with van der Waals surface area (Å²) in [5, 5.41) is 3.11. The Morgan fingerprint density at radius 2 is 2.11 bits per heavy atom. The van der Waals surface area contributed by atoms with Gasteiger partial charge in [0.15, 0.2) is 0 Å². The van der Waals surface area contributed by atoms with Crippen molar-refractivity contribution >= 4 is 0 Å². The van der Waals surface area contributed by atoms with Crippen LogP contribution in [0, 0.1) is 12.8 Å². The number of hydrogen-bond donors (Lipinski definition) is 1. The molecule has 3 nitrogen and oxygen atoms in total. The summed E-state index contributed by atoms with van der Waals surface area (Å²) < 4.78 is 11.5. The van der Waals surface area contributed by atoms with Gasteiger partial charge >= 0.3 is 0 Å². The second kappa shape index (κ2) is 6.95. The highest BCUT2D eigenvalue weighted by atomic mass is 16.5. The molecule has 1 aromatic rings. The fourth-order valence-corrected chi connectivity index (χ4v) is 2.68. The molecule has 1 aliphatic carbocycles. The van der Waals surface area contributed by atoms with Gasteiger partial charge in [0.25, 0.3) is 0 Å². The van der Waals surface area contributed by atoms with Crippen LogP contribution in [0.15, 0.2) is 10.5 Å². The van der Waals surface area contributed by atoms with E-state index in [2.05, 4.69) is 18.3 Å². The first-order valence-electron chi connectivity index (χ1n) is 7.10.